The second kappa shape index (κ2) is 6.72. The fraction of sp³-hybridized carbons (Fsp3) is 0.154. The number of nitrogens with one attached hydrogen (secondary N) is 1. The summed E-state index contributed by atoms with van der Waals surface area (Å²) in [5, 5.41) is 20.7. The normalized spacial score (nSPS) is 8.61. The molecule has 0 spiro atoms. The molecule has 1 rings (SSSR count). The third-order valence-corrected chi connectivity index (χ3v) is 1.83. The summed E-state index contributed by atoms with van der Waals surface area (Å²) in [5.41, 5.74) is 3.94. The van der Waals surface area contributed by atoms with E-state index in [0.29, 0.717) is 18.0 Å². The van der Waals surface area contributed by atoms with Crippen LogP contribution < -0.4 is 10.2 Å². The summed E-state index contributed by atoms with van der Waals surface area (Å²) in [6.45, 7) is 6.05. The van der Waals surface area contributed by atoms with Gasteiger partial charge < -0.3 is 4.74 Å². The molecule has 0 aromatic heterocycles. The molecule has 0 saturated carbocycles. The monoisotopic (exact) mass is 240 g/mol. The van der Waals surface area contributed by atoms with Gasteiger partial charge in [0, 0.05) is 6.07 Å². The van der Waals surface area contributed by atoms with E-state index in [1.165, 1.54) is 0 Å². The van der Waals surface area contributed by atoms with Gasteiger partial charge >= 0.3 is 0 Å². The fourth-order valence-electron chi connectivity index (χ4n) is 1.06. The molecule has 0 saturated heterocycles. The number of nitrogens with zero attached hydrogens (tertiary/aromatic N) is 3. The predicted octanol–water partition coefficient (Wildman–Crippen LogP) is 2.46. The van der Waals surface area contributed by atoms with Gasteiger partial charge in [0.2, 0.25) is 5.71 Å². The van der Waals surface area contributed by atoms with Gasteiger partial charge in [-0.2, -0.15) is 15.6 Å². The third kappa shape index (κ3) is 4.38. The molecule has 1 aromatic rings. The second-order valence-electron chi connectivity index (χ2n) is 3.57. The van der Waals surface area contributed by atoms with Crippen molar-refractivity contribution in [2.45, 2.75) is 6.92 Å². The van der Waals surface area contributed by atoms with Crippen LogP contribution in [-0.4, -0.2) is 12.3 Å². The lowest BCUT2D eigenvalue weighted by atomic mass is 10.3. The van der Waals surface area contributed by atoms with Crippen LogP contribution in [0.25, 0.3) is 0 Å². The maximum absolute atomic E-state index is 8.53. The molecule has 0 aliphatic heterocycles. The Balaban J connectivity index is 2.72. The standard InChI is InChI=1S/C13H12N4O/c1-10(2)9-18-13-5-3-4-11(6-13)16-17-12(7-14)8-15/h3-6,16H,1,9H2,2H3. The SMILES string of the molecule is C=C(C)COc1cccc(NN=C(C#N)C#N)c1. The van der Waals surface area contributed by atoms with Crippen LogP contribution in [0, 0.1) is 22.7 Å². The summed E-state index contributed by atoms with van der Waals surface area (Å²) in [6, 6.07) is 10.4. The summed E-state index contributed by atoms with van der Waals surface area (Å²) >= 11 is 0. The average Bonchev–Trinajstić information content (AvgIpc) is 2.38. The van der Waals surface area contributed by atoms with E-state index in [0.717, 1.165) is 5.57 Å². The Hall–Kier alpha value is -2.79. The van der Waals surface area contributed by atoms with E-state index >= 15 is 0 Å². The molecule has 5 heteroatoms. The number of nitriles is 2. The van der Waals surface area contributed by atoms with E-state index < -0.39 is 0 Å². The molecule has 0 unspecified atom stereocenters. The van der Waals surface area contributed by atoms with Crippen LogP contribution in [-0.2, 0) is 0 Å². The van der Waals surface area contributed by atoms with Gasteiger partial charge in [0.05, 0.1) is 5.69 Å². The maximum atomic E-state index is 8.53. The average molecular weight is 240 g/mol. The van der Waals surface area contributed by atoms with Crippen LogP contribution >= 0.6 is 0 Å². The predicted molar refractivity (Wildman–Crippen MR) is 69.0 cm³/mol. The van der Waals surface area contributed by atoms with Gasteiger partial charge in [-0.1, -0.05) is 12.6 Å². The Morgan fingerprint density at radius 3 is 2.78 bits per heavy atom. The van der Waals surface area contributed by atoms with Crippen molar-refractivity contribution in [3.63, 3.8) is 0 Å². The molecule has 0 heterocycles. The summed E-state index contributed by atoms with van der Waals surface area (Å²) in [4.78, 5) is 0. The number of rotatable bonds is 5. The van der Waals surface area contributed by atoms with E-state index in [1.807, 2.05) is 6.92 Å². The van der Waals surface area contributed by atoms with Crippen LogP contribution in [0.2, 0.25) is 0 Å². The van der Waals surface area contributed by atoms with Gasteiger partial charge in [0.25, 0.3) is 0 Å². The van der Waals surface area contributed by atoms with E-state index in [-0.39, 0.29) is 5.71 Å². The topological polar surface area (TPSA) is 81.2 Å². The zero-order valence-electron chi connectivity index (χ0n) is 9.97. The molecule has 0 aliphatic rings. The Bertz CT molecular complexity index is 533. The van der Waals surface area contributed by atoms with Gasteiger partial charge in [0.15, 0.2) is 0 Å². The molecular formula is C13H12N4O. The highest BCUT2D eigenvalue weighted by Gasteiger charge is 1.97. The number of hydrogen-bond acceptors (Lipinski definition) is 5. The van der Waals surface area contributed by atoms with Crippen LogP contribution in [0.15, 0.2) is 41.5 Å². The van der Waals surface area contributed by atoms with Gasteiger partial charge in [-0.3, -0.25) is 5.43 Å². The van der Waals surface area contributed by atoms with E-state index in [9.17, 15) is 0 Å². The molecule has 0 fully saturated rings. The van der Waals surface area contributed by atoms with Crippen LogP contribution in [0.5, 0.6) is 5.75 Å². The smallest absolute Gasteiger partial charge is 0.237 e. The first-order valence-electron chi connectivity index (χ1n) is 5.17. The third-order valence-electron chi connectivity index (χ3n) is 1.83. The first-order valence-corrected chi connectivity index (χ1v) is 5.17. The van der Waals surface area contributed by atoms with Crippen molar-refractivity contribution >= 4 is 11.4 Å². The first kappa shape index (κ1) is 13.3. The lowest BCUT2D eigenvalue weighted by molar-refractivity contribution is 0.353. The molecule has 0 amide bonds. The quantitative estimate of drug-likeness (QED) is 0.487. The molecule has 18 heavy (non-hydrogen) atoms. The number of ether oxygens (including phenoxy) is 1. The maximum Gasteiger partial charge on any atom is 0.237 e. The van der Waals surface area contributed by atoms with Crippen molar-refractivity contribution in [1.82, 2.24) is 0 Å². The zero-order chi connectivity index (χ0) is 13.4. The van der Waals surface area contributed by atoms with Crippen molar-refractivity contribution in [3.05, 3.63) is 36.4 Å². The molecule has 0 aliphatic carbocycles. The van der Waals surface area contributed by atoms with Gasteiger partial charge in [-0.05, 0) is 24.6 Å². The molecule has 90 valence electrons. The Kier molecular flexibility index (Phi) is 4.96. The zero-order valence-corrected chi connectivity index (χ0v) is 9.97. The molecule has 1 N–H and O–H groups in total. The van der Waals surface area contributed by atoms with Crippen molar-refractivity contribution in [2.24, 2.45) is 5.10 Å². The fourth-order valence-corrected chi connectivity index (χ4v) is 1.06. The molecule has 1 aromatic carbocycles. The molecule has 0 bridgehead atoms. The first-order chi connectivity index (χ1) is 8.65. The van der Waals surface area contributed by atoms with Crippen molar-refractivity contribution in [2.75, 3.05) is 12.0 Å². The van der Waals surface area contributed by atoms with Gasteiger partial charge in [0.1, 0.15) is 24.5 Å². The van der Waals surface area contributed by atoms with Gasteiger partial charge in [-0.15, -0.1) is 0 Å². The number of hydrazone groups is 1. The second-order valence-corrected chi connectivity index (χ2v) is 3.57. The lowest BCUT2D eigenvalue weighted by Gasteiger charge is -2.07. The largest absolute Gasteiger partial charge is 0.489 e. The summed E-state index contributed by atoms with van der Waals surface area (Å²) in [6.07, 6.45) is 0. The minimum Gasteiger partial charge on any atom is -0.489 e. The van der Waals surface area contributed by atoms with Crippen LogP contribution in [0.3, 0.4) is 0 Å². The number of hydrogen-bond donors (Lipinski definition) is 1. The lowest BCUT2D eigenvalue weighted by Crippen LogP contribution is -1.99. The Morgan fingerprint density at radius 1 is 1.44 bits per heavy atom. The number of benzene rings is 1. The molecule has 0 radical (unpaired) electrons. The number of anilines is 1. The highest BCUT2D eigenvalue weighted by atomic mass is 16.5. The minimum absolute atomic E-state index is 0.233. The minimum atomic E-state index is -0.233. The molecule has 5 nitrogen and oxygen atoms in total. The molecular weight excluding hydrogens is 228 g/mol. The Labute approximate surface area is 106 Å². The highest BCUT2D eigenvalue weighted by molar-refractivity contribution is 6.10. The van der Waals surface area contributed by atoms with Crippen molar-refractivity contribution < 1.29 is 4.74 Å². The van der Waals surface area contributed by atoms with Crippen molar-refractivity contribution in [3.8, 4) is 17.9 Å². The van der Waals surface area contributed by atoms with E-state index in [4.69, 9.17) is 15.3 Å². The summed E-state index contributed by atoms with van der Waals surface area (Å²) < 4.78 is 5.45. The van der Waals surface area contributed by atoms with E-state index in [1.54, 1.807) is 36.4 Å². The van der Waals surface area contributed by atoms with Crippen molar-refractivity contribution in [1.29, 1.82) is 10.5 Å². The van der Waals surface area contributed by atoms with Crippen LogP contribution in [0.1, 0.15) is 6.92 Å². The highest BCUT2D eigenvalue weighted by Crippen LogP contribution is 2.17. The summed E-state index contributed by atoms with van der Waals surface area (Å²) in [7, 11) is 0. The summed E-state index contributed by atoms with van der Waals surface area (Å²) in [5.74, 6) is 0.661. The van der Waals surface area contributed by atoms with Crippen LogP contribution in [0.4, 0.5) is 5.69 Å². The van der Waals surface area contributed by atoms with E-state index in [2.05, 4.69) is 17.1 Å². The molecule has 0 atom stereocenters. The Morgan fingerprint density at radius 2 is 2.17 bits per heavy atom. The van der Waals surface area contributed by atoms with Gasteiger partial charge in [-0.25, -0.2) is 0 Å².